The van der Waals surface area contributed by atoms with E-state index < -0.39 is 0 Å². The molecule has 0 aliphatic heterocycles. The maximum atomic E-state index is 5.14. The van der Waals surface area contributed by atoms with Crippen molar-refractivity contribution in [3.05, 3.63) is 29.6 Å². The Morgan fingerprint density at radius 3 is 3.10 bits per heavy atom. The third-order valence-electron chi connectivity index (χ3n) is 1.27. The Kier molecular flexibility index (Phi) is 2.07. The fourth-order valence-corrected chi connectivity index (χ4v) is 0.832. The summed E-state index contributed by atoms with van der Waals surface area (Å²) in [5, 5.41) is 0. The Bertz CT molecular complexity index is 258. The van der Waals surface area contributed by atoms with E-state index in [1.54, 1.807) is 6.20 Å². The highest BCUT2D eigenvalue weighted by atomic mass is 14.6. The number of aryl methyl sites for hydroxylation is 1. The van der Waals surface area contributed by atoms with Gasteiger partial charge in [0.05, 0.1) is 0 Å². The second-order valence-electron chi connectivity index (χ2n) is 2.19. The van der Waals surface area contributed by atoms with Crippen LogP contribution in [0.25, 0.3) is 0 Å². The smallest absolute Gasteiger partial charge is 0.0375 e. The maximum absolute atomic E-state index is 5.14. The first-order valence-corrected chi connectivity index (χ1v) is 3.18. The van der Waals surface area contributed by atoms with E-state index in [4.69, 9.17) is 6.42 Å². The van der Waals surface area contributed by atoms with Crippen LogP contribution >= 0.6 is 0 Å². The van der Waals surface area contributed by atoms with Gasteiger partial charge in [0, 0.05) is 18.3 Å². The van der Waals surface area contributed by atoms with Crippen LogP contribution in [-0.4, -0.2) is 4.98 Å². The highest BCUT2D eigenvalue weighted by Crippen LogP contribution is 1.99. The molecule has 1 aromatic rings. The lowest BCUT2D eigenvalue weighted by atomic mass is 10.2. The molecule has 0 N–H and O–H groups in total. The molecule has 0 unspecified atom stereocenters. The first-order valence-electron chi connectivity index (χ1n) is 3.18. The van der Waals surface area contributed by atoms with Crippen LogP contribution in [0.15, 0.2) is 18.3 Å². The number of hydrogen-bond acceptors (Lipinski definition) is 1. The molecule has 0 saturated carbocycles. The zero-order chi connectivity index (χ0) is 7.40. The average molecular weight is 131 g/mol. The van der Waals surface area contributed by atoms with E-state index in [0.29, 0.717) is 6.42 Å². The quantitative estimate of drug-likeness (QED) is 0.527. The molecule has 1 aromatic heterocycles. The van der Waals surface area contributed by atoms with Crippen molar-refractivity contribution in [2.75, 3.05) is 0 Å². The van der Waals surface area contributed by atoms with E-state index >= 15 is 0 Å². The first kappa shape index (κ1) is 6.82. The van der Waals surface area contributed by atoms with Gasteiger partial charge >= 0.3 is 0 Å². The molecule has 1 nitrogen and oxygen atoms in total. The molecule has 0 bridgehead atoms. The average Bonchev–Trinajstić information content (AvgIpc) is 1.88. The molecule has 0 amide bonds. The highest BCUT2D eigenvalue weighted by Gasteiger charge is 1.88. The van der Waals surface area contributed by atoms with Crippen LogP contribution in [0.2, 0.25) is 0 Å². The van der Waals surface area contributed by atoms with Crippen LogP contribution in [0.1, 0.15) is 11.3 Å². The summed E-state index contributed by atoms with van der Waals surface area (Å²) in [6, 6.07) is 3.94. The number of terminal acetylenes is 1. The second kappa shape index (κ2) is 3.03. The molecule has 0 aromatic carbocycles. The Balaban J connectivity index is 2.87. The van der Waals surface area contributed by atoms with Crippen LogP contribution in [-0.2, 0) is 6.42 Å². The molecule has 1 rings (SSSR count). The van der Waals surface area contributed by atoms with Crippen molar-refractivity contribution in [3.8, 4) is 12.3 Å². The van der Waals surface area contributed by atoms with Crippen molar-refractivity contribution in [3.63, 3.8) is 0 Å². The molecule has 1 heterocycles. The summed E-state index contributed by atoms with van der Waals surface area (Å²) in [6.45, 7) is 1.96. The number of nitrogens with zero attached hydrogens (tertiary/aromatic N) is 1. The van der Waals surface area contributed by atoms with Gasteiger partial charge in [0.1, 0.15) is 0 Å². The minimum atomic E-state index is 0.698. The molecule has 0 spiro atoms. The van der Waals surface area contributed by atoms with E-state index in [2.05, 4.69) is 10.9 Å². The van der Waals surface area contributed by atoms with Crippen molar-refractivity contribution in [2.45, 2.75) is 13.3 Å². The van der Waals surface area contributed by atoms with Gasteiger partial charge in [-0.15, -0.1) is 12.3 Å². The lowest BCUT2D eigenvalue weighted by Crippen LogP contribution is -1.84. The number of hydrogen-bond donors (Lipinski definition) is 0. The Hall–Kier alpha value is -1.29. The van der Waals surface area contributed by atoms with Crippen LogP contribution in [0, 0.1) is 19.3 Å². The van der Waals surface area contributed by atoms with Gasteiger partial charge in [0.25, 0.3) is 0 Å². The Morgan fingerprint density at radius 2 is 2.50 bits per heavy atom. The van der Waals surface area contributed by atoms with Gasteiger partial charge < -0.3 is 0 Å². The predicted molar refractivity (Wildman–Crippen MR) is 41.5 cm³/mol. The first-order chi connectivity index (χ1) is 4.83. The van der Waals surface area contributed by atoms with Crippen molar-refractivity contribution >= 4 is 0 Å². The highest BCUT2D eigenvalue weighted by molar-refractivity contribution is 5.19. The third kappa shape index (κ3) is 1.60. The molecule has 0 fully saturated rings. The lowest BCUT2D eigenvalue weighted by Gasteiger charge is -1.94. The summed E-state index contributed by atoms with van der Waals surface area (Å²) >= 11 is 0. The van der Waals surface area contributed by atoms with E-state index in [1.807, 2.05) is 19.1 Å². The molecular weight excluding hydrogens is 122 g/mol. The van der Waals surface area contributed by atoms with Crippen LogP contribution in [0.5, 0.6) is 0 Å². The minimum absolute atomic E-state index is 0.698. The lowest BCUT2D eigenvalue weighted by molar-refractivity contribution is 1.15. The summed E-state index contributed by atoms with van der Waals surface area (Å²) in [7, 11) is 0. The van der Waals surface area contributed by atoms with E-state index in [1.165, 1.54) is 0 Å². The topological polar surface area (TPSA) is 12.9 Å². The van der Waals surface area contributed by atoms with Crippen LogP contribution in [0.3, 0.4) is 0 Å². The van der Waals surface area contributed by atoms with Crippen molar-refractivity contribution in [2.24, 2.45) is 0 Å². The zero-order valence-corrected chi connectivity index (χ0v) is 5.96. The van der Waals surface area contributed by atoms with Crippen molar-refractivity contribution in [1.82, 2.24) is 4.98 Å². The standard InChI is InChI=1S/C9H9N/c1-3-4-9-5-6-10-8(2)7-9/h1,5-7H,4H2,2H3. The normalized spacial score (nSPS) is 8.80. The van der Waals surface area contributed by atoms with Crippen LogP contribution < -0.4 is 0 Å². The Morgan fingerprint density at radius 1 is 1.70 bits per heavy atom. The van der Waals surface area contributed by atoms with Gasteiger partial charge in [-0.05, 0) is 24.6 Å². The Labute approximate surface area is 61.1 Å². The van der Waals surface area contributed by atoms with E-state index in [9.17, 15) is 0 Å². The monoisotopic (exact) mass is 131 g/mol. The molecule has 0 radical (unpaired) electrons. The molecule has 0 saturated heterocycles. The maximum Gasteiger partial charge on any atom is 0.0375 e. The summed E-state index contributed by atoms with van der Waals surface area (Å²) in [4.78, 5) is 4.05. The van der Waals surface area contributed by atoms with Gasteiger partial charge in [-0.3, -0.25) is 4.98 Å². The SMILES string of the molecule is C#CCc1ccnc(C)c1. The van der Waals surface area contributed by atoms with Crippen molar-refractivity contribution in [1.29, 1.82) is 0 Å². The summed E-state index contributed by atoms with van der Waals surface area (Å²) in [5.74, 6) is 2.58. The van der Waals surface area contributed by atoms with Gasteiger partial charge in [0.2, 0.25) is 0 Å². The fourth-order valence-electron chi connectivity index (χ4n) is 0.832. The second-order valence-corrected chi connectivity index (χ2v) is 2.19. The molecule has 50 valence electrons. The summed E-state index contributed by atoms with van der Waals surface area (Å²) in [5.41, 5.74) is 2.18. The molecule has 1 heteroatoms. The number of rotatable bonds is 1. The molecule has 0 aliphatic rings. The molecular formula is C9H9N. The third-order valence-corrected chi connectivity index (χ3v) is 1.27. The van der Waals surface area contributed by atoms with Gasteiger partial charge in [0.15, 0.2) is 0 Å². The van der Waals surface area contributed by atoms with Gasteiger partial charge in [-0.25, -0.2) is 0 Å². The number of pyridine rings is 1. The summed E-state index contributed by atoms with van der Waals surface area (Å²) < 4.78 is 0. The van der Waals surface area contributed by atoms with Gasteiger partial charge in [-0.2, -0.15) is 0 Å². The number of aromatic nitrogens is 1. The molecule has 0 atom stereocenters. The van der Waals surface area contributed by atoms with Crippen molar-refractivity contribution < 1.29 is 0 Å². The molecule has 10 heavy (non-hydrogen) atoms. The predicted octanol–water partition coefficient (Wildman–Crippen LogP) is 1.57. The largest absolute Gasteiger partial charge is 0.262 e. The molecule has 0 aliphatic carbocycles. The van der Waals surface area contributed by atoms with Gasteiger partial charge in [-0.1, -0.05) is 0 Å². The fraction of sp³-hybridized carbons (Fsp3) is 0.222. The van der Waals surface area contributed by atoms with E-state index in [-0.39, 0.29) is 0 Å². The van der Waals surface area contributed by atoms with E-state index in [0.717, 1.165) is 11.3 Å². The summed E-state index contributed by atoms with van der Waals surface area (Å²) in [6.07, 6.45) is 7.62. The van der Waals surface area contributed by atoms with Crippen LogP contribution in [0.4, 0.5) is 0 Å². The minimum Gasteiger partial charge on any atom is -0.262 e. The zero-order valence-electron chi connectivity index (χ0n) is 5.96.